The van der Waals surface area contributed by atoms with Gasteiger partial charge in [-0.25, -0.2) is 4.79 Å². The van der Waals surface area contributed by atoms with Crippen LogP contribution >= 0.6 is 11.6 Å². The summed E-state index contributed by atoms with van der Waals surface area (Å²) >= 11 is 5.85. The molecule has 0 spiro atoms. The molecular weight excluding hydrogens is 244 g/mol. The Balaban J connectivity index is 2.12. The molecule has 1 aromatic carbocycles. The van der Waals surface area contributed by atoms with Crippen molar-refractivity contribution in [2.24, 2.45) is 5.92 Å². The molecule has 4 nitrogen and oxygen atoms in total. The number of rotatable bonds is 5. The highest BCUT2D eigenvalue weighted by Gasteiger charge is 2.22. The lowest BCUT2D eigenvalue weighted by Crippen LogP contribution is -2.10. The quantitative estimate of drug-likeness (QED) is 0.848. The van der Waals surface area contributed by atoms with Gasteiger partial charge in [0.1, 0.15) is 5.75 Å². The van der Waals surface area contributed by atoms with E-state index < -0.39 is 12.1 Å². The SMILES string of the molecule is O=C(O)C(O)c1cc(Cl)cc(OCC2CC2)c1. The molecule has 0 heterocycles. The van der Waals surface area contributed by atoms with Crippen LogP contribution in [0.5, 0.6) is 5.75 Å². The molecule has 1 saturated carbocycles. The van der Waals surface area contributed by atoms with E-state index in [1.54, 1.807) is 6.07 Å². The molecule has 2 N–H and O–H groups in total. The summed E-state index contributed by atoms with van der Waals surface area (Å²) in [6.45, 7) is 0.614. The molecule has 0 bridgehead atoms. The van der Waals surface area contributed by atoms with Crippen molar-refractivity contribution in [2.45, 2.75) is 18.9 Å². The summed E-state index contributed by atoms with van der Waals surface area (Å²) in [4.78, 5) is 10.7. The Morgan fingerprint density at radius 1 is 1.47 bits per heavy atom. The molecule has 1 unspecified atom stereocenters. The zero-order valence-corrected chi connectivity index (χ0v) is 9.85. The summed E-state index contributed by atoms with van der Waals surface area (Å²) in [6, 6.07) is 4.54. The van der Waals surface area contributed by atoms with Crippen LogP contribution < -0.4 is 4.74 Å². The average Bonchev–Trinajstić information content (AvgIpc) is 3.08. The van der Waals surface area contributed by atoms with E-state index in [1.165, 1.54) is 25.0 Å². The van der Waals surface area contributed by atoms with Crippen molar-refractivity contribution in [3.8, 4) is 5.75 Å². The summed E-state index contributed by atoms with van der Waals surface area (Å²) < 4.78 is 5.49. The molecule has 1 aliphatic carbocycles. The Morgan fingerprint density at radius 3 is 2.76 bits per heavy atom. The molecule has 17 heavy (non-hydrogen) atoms. The van der Waals surface area contributed by atoms with Gasteiger partial charge in [-0.05, 0) is 42.5 Å². The number of ether oxygens (including phenoxy) is 1. The summed E-state index contributed by atoms with van der Waals surface area (Å²) in [6.07, 6.45) is 0.771. The maximum atomic E-state index is 10.7. The standard InChI is InChI=1S/C12H13ClO4/c13-9-3-8(11(14)12(15)16)4-10(5-9)17-6-7-1-2-7/h3-5,7,11,14H,1-2,6H2,(H,15,16). The molecule has 1 aromatic rings. The zero-order valence-electron chi connectivity index (χ0n) is 9.10. The second-order valence-electron chi connectivity index (χ2n) is 4.22. The molecule has 5 heteroatoms. The lowest BCUT2D eigenvalue weighted by molar-refractivity contribution is -0.146. The lowest BCUT2D eigenvalue weighted by atomic mass is 10.1. The predicted molar refractivity (Wildman–Crippen MR) is 62.3 cm³/mol. The number of benzene rings is 1. The van der Waals surface area contributed by atoms with E-state index in [-0.39, 0.29) is 5.56 Å². The van der Waals surface area contributed by atoms with Crippen LogP contribution in [0.1, 0.15) is 24.5 Å². The molecule has 0 amide bonds. The molecule has 92 valence electrons. The summed E-state index contributed by atoms with van der Waals surface area (Å²) in [5.74, 6) is -0.207. The summed E-state index contributed by atoms with van der Waals surface area (Å²) in [5.41, 5.74) is 0.232. The molecular formula is C12H13ClO4. The first-order valence-electron chi connectivity index (χ1n) is 5.40. The minimum Gasteiger partial charge on any atom is -0.493 e. The predicted octanol–water partition coefficient (Wildman–Crippen LogP) is 2.25. The van der Waals surface area contributed by atoms with Gasteiger partial charge in [0.05, 0.1) is 6.61 Å². The number of aliphatic carboxylic acids is 1. The molecule has 0 aliphatic heterocycles. The van der Waals surface area contributed by atoms with Gasteiger partial charge in [0, 0.05) is 5.02 Å². The van der Waals surface area contributed by atoms with Crippen molar-refractivity contribution in [1.82, 2.24) is 0 Å². The Labute approximate surface area is 104 Å². The molecule has 0 aromatic heterocycles. The van der Waals surface area contributed by atoms with E-state index in [0.717, 1.165) is 0 Å². The number of aliphatic hydroxyl groups is 1. The smallest absolute Gasteiger partial charge is 0.337 e. The number of hydrogen-bond acceptors (Lipinski definition) is 3. The third kappa shape index (κ3) is 3.35. The number of carbonyl (C=O) groups is 1. The van der Waals surface area contributed by atoms with Crippen LogP contribution in [0.3, 0.4) is 0 Å². The highest BCUT2D eigenvalue weighted by Crippen LogP contribution is 2.31. The largest absolute Gasteiger partial charge is 0.493 e. The van der Waals surface area contributed by atoms with Gasteiger partial charge >= 0.3 is 5.97 Å². The van der Waals surface area contributed by atoms with Crippen molar-refractivity contribution in [2.75, 3.05) is 6.61 Å². The number of aliphatic hydroxyl groups excluding tert-OH is 1. The maximum absolute atomic E-state index is 10.7. The van der Waals surface area contributed by atoms with Gasteiger partial charge in [0.15, 0.2) is 6.10 Å². The summed E-state index contributed by atoms with van der Waals surface area (Å²) in [5, 5.41) is 18.5. The van der Waals surface area contributed by atoms with Crippen LogP contribution in [0.4, 0.5) is 0 Å². The van der Waals surface area contributed by atoms with E-state index >= 15 is 0 Å². The first kappa shape index (κ1) is 12.2. The minimum absolute atomic E-state index is 0.232. The van der Waals surface area contributed by atoms with E-state index in [0.29, 0.717) is 23.3 Å². The topological polar surface area (TPSA) is 66.8 Å². The molecule has 0 saturated heterocycles. The Morgan fingerprint density at radius 2 is 2.18 bits per heavy atom. The fourth-order valence-corrected chi connectivity index (χ4v) is 1.70. The van der Waals surface area contributed by atoms with E-state index in [4.69, 9.17) is 21.4 Å². The molecule has 2 rings (SSSR count). The fourth-order valence-electron chi connectivity index (χ4n) is 1.47. The third-order valence-electron chi connectivity index (χ3n) is 2.63. The van der Waals surface area contributed by atoms with Gasteiger partial charge < -0.3 is 14.9 Å². The Bertz CT molecular complexity index is 429. The van der Waals surface area contributed by atoms with Crippen LogP contribution in [0, 0.1) is 5.92 Å². The third-order valence-corrected chi connectivity index (χ3v) is 2.84. The van der Waals surface area contributed by atoms with Gasteiger partial charge in [0.25, 0.3) is 0 Å². The van der Waals surface area contributed by atoms with E-state index in [9.17, 15) is 9.90 Å². The first-order valence-corrected chi connectivity index (χ1v) is 5.78. The van der Waals surface area contributed by atoms with Crippen molar-refractivity contribution in [3.05, 3.63) is 28.8 Å². The van der Waals surface area contributed by atoms with Crippen molar-refractivity contribution >= 4 is 17.6 Å². The maximum Gasteiger partial charge on any atom is 0.337 e. The van der Waals surface area contributed by atoms with Crippen LogP contribution in [-0.4, -0.2) is 22.8 Å². The first-order chi connectivity index (χ1) is 8.06. The second kappa shape index (κ2) is 4.94. The Hall–Kier alpha value is -1.26. The van der Waals surface area contributed by atoms with Gasteiger partial charge in [-0.1, -0.05) is 11.6 Å². The lowest BCUT2D eigenvalue weighted by Gasteiger charge is -2.10. The van der Waals surface area contributed by atoms with Gasteiger partial charge in [0.2, 0.25) is 0 Å². The number of hydrogen-bond donors (Lipinski definition) is 2. The molecule has 1 aliphatic rings. The normalized spacial score (nSPS) is 16.6. The van der Waals surface area contributed by atoms with Crippen LogP contribution in [-0.2, 0) is 4.79 Å². The number of carboxylic acids is 1. The summed E-state index contributed by atoms with van der Waals surface area (Å²) in [7, 11) is 0. The Kier molecular flexibility index (Phi) is 3.54. The minimum atomic E-state index is -1.57. The fraction of sp³-hybridized carbons (Fsp3) is 0.417. The molecule has 1 atom stereocenters. The number of carboxylic acid groups (broad SMARTS) is 1. The van der Waals surface area contributed by atoms with E-state index in [1.807, 2.05) is 0 Å². The van der Waals surface area contributed by atoms with E-state index in [2.05, 4.69) is 0 Å². The number of halogens is 1. The molecule has 1 fully saturated rings. The zero-order chi connectivity index (χ0) is 12.4. The van der Waals surface area contributed by atoms with Crippen molar-refractivity contribution in [1.29, 1.82) is 0 Å². The van der Waals surface area contributed by atoms with Crippen LogP contribution in [0.2, 0.25) is 5.02 Å². The highest BCUT2D eigenvalue weighted by molar-refractivity contribution is 6.30. The van der Waals surface area contributed by atoms with Gasteiger partial charge in [-0.2, -0.15) is 0 Å². The second-order valence-corrected chi connectivity index (χ2v) is 4.65. The van der Waals surface area contributed by atoms with Gasteiger partial charge in [-0.3, -0.25) is 0 Å². The van der Waals surface area contributed by atoms with Crippen LogP contribution in [0.15, 0.2) is 18.2 Å². The van der Waals surface area contributed by atoms with Crippen LogP contribution in [0.25, 0.3) is 0 Å². The van der Waals surface area contributed by atoms with Gasteiger partial charge in [-0.15, -0.1) is 0 Å². The highest BCUT2D eigenvalue weighted by atomic mass is 35.5. The van der Waals surface area contributed by atoms with Crippen molar-refractivity contribution in [3.63, 3.8) is 0 Å². The monoisotopic (exact) mass is 256 g/mol. The average molecular weight is 257 g/mol. The van der Waals surface area contributed by atoms with Crippen molar-refractivity contribution < 1.29 is 19.7 Å². The molecule has 0 radical (unpaired) electrons.